The first kappa shape index (κ1) is 21.0. The Kier molecular flexibility index (Phi) is 6.69. The Morgan fingerprint density at radius 2 is 1.81 bits per heavy atom. The highest BCUT2D eigenvalue weighted by atomic mass is 35.5. The predicted molar refractivity (Wildman–Crippen MR) is 105 cm³/mol. The SMILES string of the molecule is COC(=O)c1cccc(NC(=O)CN(c2cccc(Cl)c2Cl)S(C)(=O)=O)c1. The Morgan fingerprint density at radius 1 is 1.15 bits per heavy atom. The van der Waals surface area contributed by atoms with Gasteiger partial charge in [0, 0.05) is 5.69 Å². The summed E-state index contributed by atoms with van der Waals surface area (Å²) in [5.74, 6) is -1.19. The van der Waals surface area contributed by atoms with Crippen LogP contribution in [0.15, 0.2) is 42.5 Å². The van der Waals surface area contributed by atoms with Crippen molar-refractivity contribution in [2.45, 2.75) is 0 Å². The molecule has 0 bridgehead atoms. The fraction of sp³-hybridized carbons (Fsp3) is 0.176. The van der Waals surface area contributed by atoms with Crippen molar-refractivity contribution < 1.29 is 22.7 Å². The van der Waals surface area contributed by atoms with E-state index < -0.39 is 28.4 Å². The molecule has 0 unspecified atom stereocenters. The third-order valence-electron chi connectivity index (χ3n) is 3.45. The molecule has 1 N–H and O–H groups in total. The standard InChI is InChI=1S/C17H16Cl2N2O5S/c1-26-17(23)11-5-3-6-12(9-11)20-15(22)10-21(27(2,24)25)14-8-4-7-13(18)16(14)19/h3-9H,10H2,1-2H3,(H,20,22). The van der Waals surface area contributed by atoms with E-state index in [9.17, 15) is 18.0 Å². The summed E-state index contributed by atoms with van der Waals surface area (Å²) >= 11 is 12.0. The second kappa shape index (κ2) is 8.60. The van der Waals surface area contributed by atoms with Crippen LogP contribution < -0.4 is 9.62 Å². The van der Waals surface area contributed by atoms with Crippen LogP contribution in [0.2, 0.25) is 10.0 Å². The van der Waals surface area contributed by atoms with Crippen molar-refractivity contribution in [2.24, 2.45) is 0 Å². The molecule has 10 heteroatoms. The lowest BCUT2D eigenvalue weighted by Crippen LogP contribution is -2.37. The molecule has 0 atom stereocenters. The normalized spacial score (nSPS) is 11.0. The second-order valence-corrected chi connectivity index (χ2v) is 8.16. The summed E-state index contributed by atoms with van der Waals surface area (Å²) in [6.45, 7) is -0.526. The molecule has 0 heterocycles. The number of methoxy groups -OCH3 is 1. The molecule has 7 nitrogen and oxygen atoms in total. The van der Waals surface area contributed by atoms with Gasteiger partial charge in [0.1, 0.15) is 6.54 Å². The van der Waals surface area contributed by atoms with Crippen molar-refractivity contribution in [1.82, 2.24) is 0 Å². The Labute approximate surface area is 166 Å². The molecule has 0 radical (unpaired) electrons. The minimum Gasteiger partial charge on any atom is -0.465 e. The first-order chi connectivity index (χ1) is 12.6. The molecule has 2 aromatic rings. The van der Waals surface area contributed by atoms with Crippen molar-refractivity contribution in [1.29, 1.82) is 0 Å². The topological polar surface area (TPSA) is 92.8 Å². The van der Waals surface area contributed by atoms with Crippen LogP contribution in [-0.4, -0.2) is 40.2 Å². The van der Waals surface area contributed by atoms with Crippen LogP contribution in [0.5, 0.6) is 0 Å². The molecule has 2 aromatic carbocycles. The monoisotopic (exact) mass is 430 g/mol. The number of ether oxygens (including phenoxy) is 1. The lowest BCUT2D eigenvalue weighted by molar-refractivity contribution is -0.114. The van der Waals surface area contributed by atoms with Gasteiger partial charge in [-0.25, -0.2) is 13.2 Å². The Hall–Kier alpha value is -2.29. The molecule has 1 amide bonds. The van der Waals surface area contributed by atoms with Crippen LogP contribution in [0, 0.1) is 0 Å². The van der Waals surface area contributed by atoms with Crippen molar-refractivity contribution >= 4 is 56.5 Å². The average Bonchev–Trinajstić information content (AvgIpc) is 2.61. The Balaban J connectivity index is 2.25. The van der Waals surface area contributed by atoms with Gasteiger partial charge in [0.25, 0.3) is 0 Å². The number of hydrogen-bond donors (Lipinski definition) is 1. The highest BCUT2D eigenvalue weighted by Crippen LogP contribution is 2.33. The van der Waals surface area contributed by atoms with Gasteiger partial charge in [-0.05, 0) is 30.3 Å². The van der Waals surface area contributed by atoms with Gasteiger partial charge >= 0.3 is 5.97 Å². The molecular formula is C17H16Cl2N2O5S. The van der Waals surface area contributed by atoms with Gasteiger partial charge in [-0.3, -0.25) is 9.10 Å². The first-order valence-electron chi connectivity index (χ1n) is 7.53. The molecule has 0 saturated carbocycles. The maximum absolute atomic E-state index is 12.4. The molecule has 144 valence electrons. The number of esters is 1. The number of nitrogens with one attached hydrogen (secondary N) is 1. The van der Waals surface area contributed by atoms with Gasteiger partial charge in [-0.2, -0.15) is 0 Å². The van der Waals surface area contributed by atoms with Crippen LogP contribution >= 0.6 is 23.2 Å². The van der Waals surface area contributed by atoms with Crippen molar-refractivity contribution in [3.05, 3.63) is 58.1 Å². The van der Waals surface area contributed by atoms with Crippen LogP contribution in [0.3, 0.4) is 0 Å². The number of carbonyl (C=O) groups is 2. The van der Waals surface area contributed by atoms with Gasteiger partial charge in [-0.15, -0.1) is 0 Å². The fourth-order valence-electron chi connectivity index (χ4n) is 2.24. The van der Waals surface area contributed by atoms with E-state index in [0.717, 1.165) is 10.6 Å². The average molecular weight is 431 g/mol. The highest BCUT2D eigenvalue weighted by molar-refractivity contribution is 7.92. The largest absolute Gasteiger partial charge is 0.465 e. The summed E-state index contributed by atoms with van der Waals surface area (Å²) in [5, 5.41) is 2.72. The van der Waals surface area contributed by atoms with Gasteiger partial charge in [0.05, 0.1) is 34.7 Å². The van der Waals surface area contributed by atoms with Gasteiger partial charge < -0.3 is 10.1 Å². The number of carbonyl (C=O) groups excluding carboxylic acids is 2. The smallest absolute Gasteiger partial charge is 0.337 e. The first-order valence-corrected chi connectivity index (χ1v) is 10.1. The van der Waals surface area contributed by atoms with E-state index in [0.29, 0.717) is 5.69 Å². The number of rotatable bonds is 6. The van der Waals surface area contributed by atoms with Crippen molar-refractivity contribution in [3.63, 3.8) is 0 Å². The summed E-state index contributed by atoms with van der Waals surface area (Å²) in [5.41, 5.74) is 0.645. The molecule has 0 fully saturated rings. The molecule has 0 aliphatic carbocycles. The van der Waals surface area contributed by atoms with Crippen molar-refractivity contribution in [2.75, 3.05) is 29.5 Å². The quantitative estimate of drug-likeness (QED) is 0.710. The zero-order valence-electron chi connectivity index (χ0n) is 14.4. The van der Waals surface area contributed by atoms with Crippen LogP contribution in [0.25, 0.3) is 0 Å². The van der Waals surface area contributed by atoms with Crippen molar-refractivity contribution in [3.8, 4) is 0 Å². The molecule has 0 aromatic heterocycles. The number of halogens is 2. The van der Waals surface area contributed by atoms with E-state index in [1.54, 1.807) is 12.1 Å². The summed E-state index contributed by atoms with van der Waals surface area (Å²) in [7, 11) is -2.57. The van der Waals surface area contributed by atoms with E-state index in [1.165, 1.54) is 37.4 Å². The maximum Gasteiger partial charge on any atom is 0.337 e. The third kappa shape index (κ3) is 5.35. The van der Waals surface area contributed by atoms with E-state index in [2.05, 4.69) is 10.1 Å². The Morgan fingerprint density at radius 3 is 2.44 bits per heavy atom. The van der Waals surface area contributed by atoms with Gasteiger partial charge in [-0.1, -0.05) is 35.3 Å². The molecular weight excluding hydrogens is 415 g/mol. The highest BCUT2D eigenvalue weighted by Gasteiger charge is 2.24. The minimum absolute atomic E-state index is 0.0186. The minimum atomic E-state index is -3.81. The second-order valence-electron chi connectivity index (χ2n) is 5.46. The number of amides is 1. The molecule has 2 rings (SSSR count). The molecule has 0 aliphatic heterocycles. The van der Waals surface area contributed by atoms with Crippen LogP contribution in [0.1, 0.15) is 10.4 Å². The predicted octanol–water partition coefficient (Wildman–Crippen LogP) is 3.18. The maximum atomic E-state index is 12.4. The number of hydrogen-bond acceptors (Lipinski definition) is 5. The Bertz CT molecular complexity index is 979. The zero-order chi connectivity index (χ0) is 20.2. The lowest BCUT2D eigenvalue weighted by Gasteiger charge is -2.23. The van der Waals surface area contributed by atoms with Gasteiger partial charge in [0.15, 0.2) is 0 Å². The number of sulfonamides is 1. The molecule has 27 heavy (non-hydrogen) atoms. The van der Waals surface area contributed by atoms with Crippen LogP contribution in [0.4, 0.5) is 11.4 Å². The zero-order valence-corrected chi connectivity index (χ0v) is 16.7. The number of benzene rings is 2. The fourth-order valence-corrected chi connectivity index (χ4v) is 3.55. The lowest BCUT2D eigenvalue weighted by atomic mass is 10.2. The molecule has 0 saturated heterocycles. The van der Waals surface area contributed by atoms with Crippen LogP contribution in [-0.2, 0) is 19.6 Å². The van der Waals surface area contributed by atoms with E-state index in [-0.39, 0.29) is 21.3 Å². The molecule has 0 aliphatic rings. The molecule has 0 spiro atoms. The van der Waals surface area contributed by atoms with E-state index >= 15 is 0 Å². The van der Waals surface area contributed by atoms with Gasteiger partial charge in [0.2, 0.25) is 15.9 Å². The summed E-state index contributed by atoms with van der Waals surface area (Å²) in [4.78, 5) is 23.9. The number of anilines is 2. The summed E-state index contributed by atoms with van der Waals surface area (Å²) in [6, 6.07) is 10.5. The summed E-state index contributed by atoms with van der Waals surface area (Å²) < 4.78 is 29.8. The van der Waals surface area contributed by atoms with E-state index in [4.69, 9.17) is 23.2 Å². The van der Waals surface area contributed by atoms with E-state index in [1.807, 2.05) is 0 Å². The third-order valence-corrected chi connectivity index (χ3v) is 5.39. The summed E-state index contributed by atoms with van der Waals surface area (Å²) in [6.07, 6.45) is 0.954. The number of nitrogens with zero attached hydrogens (tertiary/aromatic N) is 1.